The van der Waals surface area contributed by atoms with Crippen LogP contribution in [0.4, 0.5) is 0 Å². The summed E-state index contributed by atoms with van der Waals surface area (Å²) in [7, 11) is -3.84. The number of hydrogen-bond donors (Lipinski definition) is 2. The SMILES string of the molecule is CCCCCCC.CCCCCCC.CCCCCCC.CCCCCCC.CCCCCCC.CCCCCCC.CCCCCCC.O=S(=O)(O)CCN1CCN(CCO)CC1. The lowest BCUT2D eigenvalue weighted by molar-refractivity contribution is 0.116. The van der Waals surface area contributed by atoms with Crippen molar-refractivity contribution >= 4 is 10.1 Å². The molecule has 1 saturated heterocycles. The van der Waals surface area contributed by atoms with E-state index in [1.165, 1.54) is 225 Å². The average molecular weight is 940 g/mol. The second-order valence-corrected chi connectivity index (χ2v) is 19.7. The van der Waals surface area contributed by atoms with Crippen molar-refractivity contribution < 1.29 is 18.1 Å². The van der Waals surface area contributed by atoms with Gasteiger partial charge in [-0.15, -0.1) is 0 Å². The maximum absolute atomic E-state index is 10.5. The van der Waals surface area contributed by atoms with E-state index in [0.717, 1.165) is 26.2 Å². The van der Waals surface area contributed by atoms with Gasteiger partial charge in [-0.1, -0.05) is 322 Å². The fourth-order valence-corrected chi connectivity index (χ4v) is 6.85. The Morgan fingerprint density at radius 3 is 0.578 bits per heavy atom. The van der Waals surface area contributed by atoms with Gasteiger partial charge in [-0.2, -0.15) is 8.42 Å². The highest BCUT2D eigenvalue weighted by Crippen LogP contribution is 2.05. The van der Waals surface area contributed by atoms with Crippen molar-refractivity contribution in [1.82, 2.24) is 9.80 Å². The predicted octanol–water partition coefficient (Wildman–Crippen LogP) is 19.3. The van der Waals surface area contributed by atoms with E-state index in [1.54, 1.807) is 0 Å². The van der Waals surface area contributed by atoms with E-state index in [9.17, 15) is 8.42 Å². The summed E-state index contributed by atoms with van der Waals surface area (Å²) >= 11 is 0. The number of unbranched alkanes of at least 4 members (excludes halogenated alkanes) is 28. The molecule has 1 heterocycles. The topological polar surface area (TPSA) is 81.1 Å². The van der Waals surface area contributed by atoms with Crippen molar-refractivity contribution in [1.29, 1.82) is 0 Å². The van der Waals surface area contributed by atoms with E-state index in [-0.39, 0.29) is 12.4 Å². The van der Waals surface area contributed by atoms with Crippen LogP contribution in [0.25, 0.3) is 0 Å². The Morgan fingerprint density at radius 2 is 0.453 bits per heavy atom. The molecule has 0 atom stereocenters. The summed E-state index contributed by atoms with van der Waals surface area (Å²) in [5.41, 5.74) is 0. The zero-order valence-corrected chi connectivity index (χ0v) is 48.2. The molecule has 2 N–H and O–H groups in total. The van der Waals surface area contributed by atoms with E-state index in [2.05, 4.69) is 102 Å². The Morgan fingerprint density at radius 1 is 0.297 bits per heavy atom. The number of piperazine rings is 1. The monoisotopic (exact) mass is 939 g/mol. The molecule has 0 aliphatic carbocycles. The summed E-state index contributed by atoms with van der Waals surface area (Å²) in [4.78, 5) is 4.13. The molecule has 398 valence electrons. The number of hydrogen-bond acceptors (Lipinski definition) is 5. The molecule has 0 bridgehead atoms. The number of β-amino-alcohol motifs (C(OH)–C–C–N with tert-alkyl or cyclic N) is 1. The maximum atomic E-state index is 10.5. The largest absolute Gasteiger partial charge is 0.395 e. The highest BCUT2D eigenvalue weighted by Gasteiger charge is 2.17. The van der Waals surface area contributed by atoms with E-state index >= 15 is 0 Å². The summed E-state index contributed by atoms with van der Waals surface area (Å²) in [5, 5.41) is 8.73. The third-order valence-corrected chi connectivity index (χ3v) is 11.7. The molecule has 0 aromatic carbocycles. The minimum atomic E-state index is -3.84. The average Bonchev–Trinajstić information content (AvgIpc) is 3.29. The lowest BCUT2D eigenvalue weighted by Gasteiger charge is -2.33. The van der Waals surface area contributed by atoms with Gasteiger partial charge in [0.05, 0.1) is 12.4 Å². The van der Waals surface area contributed by atoms with Gasteiger partial charge in [0.2, 0.25) is 0 Å². The van der Waals surface area contributed by atoms with Crippen LogP contribution >= 0.6 is 0 Å². The number of rotatable bonds is 33. The van der Waals surface area contributed by atoms with Crippen LogP contribution in [-0.2, 0) is 10.1 Å². The smallest absolute Gasteiger partial charge is 0.266 e. The quantitative estimate of drug-likeness (QED) is 0.0504. The van der Waals surface area contributed by atoms with Gasteiger partial charge in [-0.25, -0.2) is 0 Å². The Labute approximate surface area is 409 Å². The number of nitrogens with zero attached hydrogens (tertiary/aromatic N) is 2. The molecule has 0 amide bonds. The van der Waals surface area contributed by atoms with Gasteiger partial charge < -0.3 is 5.11 Å². The first-order valence-electron chi connectivity index (χ1n) is 28.9. The van der Waals surface area contributed by atoms with E-state index < -0.39 is 10.1 Å². The number of aliphatic hydroxyl groups is 1. The second-order valence-electron chi connectivity index (χ2n) is 18.1. The van der Waals surface area contributed by atoms with Crippen LogP contribution in [0.3, 0.4) is 0 Å². The highest BCUT2D eigenvalue weighted by atomic mass is 32.2. The van der Waals surface area contributed by atoms with Gasteiger partial charge in [0.25, 0.3) is 10.1 Å². The van der Waals surface area contributed by atoms with E-state index in [0.29, 0.717) is 13.1 Å². The van der Waals surface area contributed by atoms with E-state index in [1.807, 2.05) is 4.90 Å². The normalized spacial score (nSPS) is 12.1. The Bertz CT molecular complexity index is 649. The van der Waals surface area contributed by atoms with Crippen molar-refractivity contribution in [2.24, 2.45) is 0 Å². The first-order valence-corrected chi connectivity index (χ1v) is 30.5. The first-order chi connectivity index (χ1) is 30.9. The molecule has 0 saturated carbocycles. The standard InChI is InChI=1S/C8H18N2O4S.7C7H16/c11-7-5-9-1-3-10(4-2-9)6-8-15(12,13)14;7*1-3-5-7-6-4-2/h11H,1-8H2,(H,12,13,14);7*3-7H2,1-2H3. The molecule has 0 aromatic rings. The minimum absolute atomic E-state index is 0.158. The summed E-state index contributed by atoms with van der Waals surface area (Å²) in [6.45, 7) is 35.9. The van der Waals surface area contributed by atoms with Crippen molar-refractivity contribution in [3.63, 3.8) is 0 Å². The molecule has 6 nitrogen and oxygen atoms in total. The van der Waals surface area contributed by atoms with Crippen LogP contribution in [0.15, 0.2) is 0 Å². The number of aliphatic hydroxyl groups excluding tert-OH is 1. The molecular weight excluding hydrogens is 809 g/mol. The predicted molar refractivity (Wildman–Crippen MR) is 297 cm³/mol. The molecular formula is C57H130N2O4S. The lowest BCUT2D eigenvalue weighted by Crippen LogP contribution is -2.48. The second kappa shape index (κ2) is 79.9. The third kappa shape index (κ3) is 104. The molecule has 64 heavy (non-hydrogen) atoms. The van der Waals surface area contributed by atoms with Gasteiger partial charge in [0.15, 0.2) is 0 Å². The van der Waals surface area contributed by atoms with Crippen LogP contribution in [0, 0.1) is 0 Å². The third-order valence-electron chi connectivity index (χ3n) is 11.0. The van der Waals surface area contributed by atoms with Gasteiger partial charge >= 0.3 is 0 Å². The fraction of sp³-hybridized carbons (Fsp3) is 1.00. The van der Waals surface area contributed by atoms with Gasteiger partial charge in [0.1, 0.15) is 0 Å². The summed E-state index contributed by atoms with van der Waals surface area (Å²) < 4.78 is 29.6. The van der Waals surface area contributed by atoms with Crippen LogP contribution in [0.1, 0.15) is 322 Å². The molecule has 0 spiro atoms. The van der Waals surface area contributed by atoms with Crippen molar-refractivity contribution in [2.45, 2.75) is 322 Å². The molecule has 1 aliphatic rings. The minimum Gasteiger partial charge on any atom is -0.395 e. The lowest BCUT2D eigenvalue weighted by atomic mass is 10.2. The van der Waals surface area contributed by atoms with Gasteiger partial charge in [-0.05, 0) is 0 Å². The van der Waals surface area contributed by atoms with E-state index in [4.69, 9.17) is 9.66 Å². The zero-order chi connectivity index (χ0) is 50.1. The van der Waals surface area contributed by atoms with Crippen molar-refractivity contribution in [3.8, 4) is 0 Å². The van der Waals surface area contributed by atoms with Crippen LogP contribution in [0.2, 0.25) is 0 Å². The molecule has 0 unspecified atom stereocenters. The molecule has 7 heteroatoms. The zero-order valence-electron chi connectivity index (χ0n) is 47.4. The molecule has 1 rings (SSSR count). The van der Waals surface area contributed by atoms with Gasteiger partial charge in [0, 0.05) is 39.3 Å². The van der Waals surface area contributed by atoms with Crippen LogP contribution in [-0.4, -0.2) is 79.5 Å². The Balaban J connectivity index is -0.000000119. The Hall–Kier alpha value is -0.210. The summed E-state index contributed by atoms with van der Waals surface area (Å²) in [6.07, 6.45) is 49.1. The Kier molecular flexibility index (Phi) is 97.3. The van der Waals surface area contributed by atoms with Crippen LogP contribution in [0.5, 0.6) is 0 Å². The van der Waals surface area contributed by atoms with Crippen molar-refractivity contribution in [2.75, 3.05) is 51.6 Å². The van der Waals surface area contributed by atoms with Gasteiger partial charge in [-0.3, -0.25) is 14.4 Å². The van der Waals surface area contributed by atoms with Crippen LogP contribution < -0.4 is 0 Å². The fourth-order valence-electron chi connectivity index (χ4n) is 6.36. The maximum Gasteiger partial charge on any atom is 0.266 e. The summed E-state index contributed by atoms with van der Waals surface area (Å²) in [6, 6.07) is 0. The summed E-state index contributed by atoms with van der Waals surface area (Å²) in [5.74, 6) is -0.201. The van der Waals surface area contributed by atoms with Crippen molar-refractivity contribution in [3.05, 3.63) is 0 Å². The molecule has 1 fully saturated rings. The first kappa shape index (κ1) is 78.0. The molecule has 0 radical (unpaired) electrons. The molecule has 1 aliphatic heterocycles. The highest BCUT2D eigenvalue weighted by molar-refractivity contribution is 7.85. The molecule has 0 aromatic heterocycles.